The molecule has 0 heterocycles. The highest BCUT2D eigenvalue weighted by atomic mass is 79.9. The van der Waals surface area contributed by atoms with Gasteiger partial charge in [0.15, 0.2) is 0 Å². The molecule has 0 fully saturated rings. The second kappa shape index (κ2) is 3.37. The molecular formula is C7H6Br2. The van der Waals surface area contributed by atoms with E-state index < -0.39 is 5.28 Å². The molecule has 0 nitrogen and oxygen atoms in total. The first kappa shape index (κ1) is 2.67. The molecule has 0 saturated carbocycles. The molecule has 0 aliphatic rings. The highest BCUT2D eigenvalue weighted by Crippen LogP contribution is 2.11. The zero-order chi connectivity index (χ0) is 12.0. The van der Waals surface area contributed by atoms with Crippen molar-refractivity contribution in [3.8, 4) is 0 Å². The van der Waals surface area contributed by atoms with Crippen molar-refractivity contribution in [2.45, 2.75) is 5.28 Å². The molecule has 0 spiro atoms. The van der Waals surface area contributed by atoms with E-state index in [0.29, 0.717) is 0 Å². The zero-order valence-electron chi connectivity index (χ0n) is 10.3. The van der Waals surface area contributed by atoms with E-state index in [1.807, 2.05) is 0 Å². The molecule has 1 rings (SSSR count). The Kier molecular flexibility index (Phi) is 0.999. The lowest BCUT2D eigenvalue weighted by Gasteiger charge is -1.92. The first-order valence-electron chi connectivity index (χ1n) is 5.13. The Morgan fingerprint density at radius 1 is 1.44 bits per heavy atom. The van der Waals surface area contributed by atoms with Crippen LogP contribution in [0.4, 0.5) is 0 Å². The van der Waals surface area contributed by atoms with E-state index in [2.05, 4.69) is 31.9 Å². The third kappa shape index (κ3) is 2.11. The summed E-state index contributed by atoms with van der Waals surface area (Å²) in [5.41, 5.74) is -0.291. The molecule has 0 radical (unpaired) electrons. The molecule has 2 heteroatoms. The van der Waals surface area contributed by atoms with Gasteiger partial charge in [0, 0.05) is 12.5 Å². The van der Waals surface area contributed by atoms with Gasteiger partial charge in [-0.25, -0.2) is 0 Å². The fraction of sp³-hybridized carbons (Fsp3) is 0.143. The van der Waals surface area contributed by atoms with Crippen molar-refractivity contribution in [2.24, 2.45) is 0 Å². The van der Waals surface area contributed by atoms with Crippen molar-refractivity contribution in [2.75, 3.05) is 0 Å². The van der Waals surface area contributed by atoms with E-state index in [1.54, 1.807) is 0 Å². The minimum atomic E-state index is -2.08. The van der Waals surface area contributed by atoms with E-state index in [1.165, 1.54) is 0 Å². The van der Waals surface area contributed by atoms with Crippen molar-refractivity contribution in [3.05, 3.63) is 34.2 Å². The molecule has 0 amide bonds. The van der Waals surface area contributed by atoms with Gasteiger partial charge >= 0.3 is 0 Å². The summed E-state index contributed by atoms with van der Waals surface area (Å²) in [5.74, 6) is 0. The maximum atomic E-state index is 7.54. The van der Waals surface area contributed by atoms with Crippen LogP contribution in [0.3, 0.4) is 0 Å². The number of rotatable bonds is 1. The lowest BCUT2D eigenvalue weighted by atomic mass is 10.2. The summed E-state index contributed by atoms with van der Waals surface area (Å²) in [7, 11) is 0. The number of hydrogen-bond acceptors (Lipinski definition) is 0. The third-order valence-corrected chi connectivity index (χ3v) is 1.48. The molecule has 1 aromatic carbocycles. The molecule has 0 aliphatic carbocycles. The predicted molar refractivity (Wildman–Crippen MR) is 46.8 cm³/mol. The topological polar surface area (TPSA) is 0 Å². The summed E-state index contributed by atoms with van der Waals surface area (Å²) in [6.07, 6.45) is 0. The summed E-state index contributed by atoms with van der Waals surface area (Å²) in [5, 5.41) is -2.08. The van der Waals surface area contributed by atoms with Crippen LogP contribution in [0.2, 0.25) is 0 Å². The Hall–Kier alpha value is 0.180. The summed E-state index contributed by atoms with van der Waals surface area (Å²) in [4.78, 5) is 0. The van der Waals surface area contributed by atoms with Gasteiger partial charge in [-0.15, -0.1) is 0 Å². The monoisotopic (exact) mass is 254 g/mol. The molecular weight excluding hydrogens is 244 g/mol. The zero-order valence-corrected chi connectivity index (χ0v) is 7.43. The van der Waals surface area contributed by atoms with Crippen LogP contribution in [-0.4, -0.2) is 0 Å². The largest absolute Gasteiger partial charge is 0.0876 e. The van der Waals surface area contributed by atoms with Crippen LogP contribution >= 0.6 is 31.9 Å². The maximum absolute atomic E-state index is 7.54. The second-order valence-electron chi connectivity index (χ2n) is 1.28. The van der Waals surface area contributed by atoms with Crippen molar-refractivity contribution in [1.29, 1.82) is 0 Å². The molecule has 0 atom stereocenters. The minimum Gasteiger partial charge on any atom is -0.0876 e. The summed E-state index contributed by atoms with van der Waals surface area (Å²) in [6.45, 7) is 0. The molecule has 0 bridgehead atoms. The summed E-state index contributed by atoms with van der Waals surface area (Å²) >= 11 is 5.62. The molecule has 0 N–H and O–H groups in total. The first-order valence-corrected chi connectivity index (χ1v) is 3.71. The van der Waals surface area contributed by atoms with Gasteiger partial charge in [0.1, 0.15) is 0 Å². The van der Waals surface area contributed by atoms with E-state index in [4.69, 9.17) is 8.22 Å². The summed E-state index contributed by atoms with van der Waals surface area (Å²) < 4.78 is 44.8. The van der Waals surface area contributed by atoms with Gasteiger partial charge in [-0.3, -0.25) is 0 Å². The van der Waals surface area contributed by atoms with Crippen LogP contribution in [0.1, 0.15) is 13.8 Å². The quantitative estimate of drug-likeness (QED) is 0.676. The van der Waals surface area contributed by atoms with Crippen LogP contribution in [0.25, 0.3) is 0 Å². The molecule has 0 aliphatic heterocycles. The van der Waals surface area contributed by atoms with Crippen LogP contribution in [0.15, 0.2) is 28.6 Å². The van der Waals surface area contributed by atoms with Gasteiger partial charge in [-0.2, -0.15) is 0 Å². The van der Waals surface area contributed by atoms with Gasteiger partial charge in [-0.05, 0) is 17.6 Å². The third-order valence-electron chi connectivity index (χ3n) is 0.689. The highest BCUT2D eigenvalue weighted by Gasteiger charge is 1.86. The van der Waals surface area contributed by atoms with Crippen LogP contribution < -0.4 is 0 Å². The highest BCUT2D eigenvalue weighted by molar-refractivity contribution is 9.10. The maximum Gasteiger partial charge on any atom is 0.0635 e. The fourth-order valence-electron chi connectivity index (χ4n) is 0.344. The molecule has 0 unspecified atom stereocenters. The van der Waals surface area contributed by atoms with E-state index in [0.717, 1.165) is 0 Å². The number of alkyl halides is 1. The van der Waals surface area contributed by atoms with Crippen molar-refractivity contribution in [1.82, 2.24) is 0 Å². The van der Waals surface area contributed by atoms with Gasteiger partial charge in [0.2, 0.25) is 0 Å². The molecule has 0 saturated heterocycles. The van der Waals surface area contributed by atoms with Crippen molar-refractivity contribution >= 4 is 31.9 Å². The Morgan fingerprint density at radius 2 is 2.00 bits per heavy atom. The fourth-order valence-corrected chi connectivity index (χ4v) is 0.741. The Balaban J connectivity index is 3.68. The smallest absolute Gasteiger partial charge is 0.0635 e. The lowest BCUT2D eigenvalue weighted by molar-refractivity contribution is 1.43. The minimum absolute atomic E-state index is 0.0398. The number of halogens is 2. The molecule has 9 heavy (non-hydrogen) atoms. The average Bonchev–Trinajstić information content (AvgIpc) is 2.09. The predicted octanol–water partition coefficient (Wildman–Crippen LogP) is 3.34. The molecule has 0 aromatic heterocycles. The lowest BCUT2D eigenvalue weighted by Crippen LogP contribution is -1.73. The van der Waals surface area contributed by atoms with Crippen molar-refractivity contribution < 1.29 is 8.22 Å². The molecule has 48 valence electrons. The van der Waals surface area contributed by atoms with Gasteiger partial charge in [0.05, 0.1) is 5.48 Å². The van der Waals surface area contributed by atoms with Crippen molar-refractivity contribution in [3.63, 3.8) is 0 Å². The standard InChI is InChI=1S/C7H6Br2/c8-5-6-1-3-7(9)4-2-6/h1-4H,5H2/i1D,2D,3D,4D,5D2. The van der Waals surface area contributed by atoms with Gasteiger partial charge < -0.3 is 0 Å². The Labute approximate surface area is 80.0 Å². The van der Waals surface area contributed by atoms with E-state index >= 15 is 0 Å². The van der Waals surface area contributed by atoms with Crippen LogP contribution in [0.5, 0.6) is 0 Å². The first-order chi connectivity index (χ1) is 6.68. The summed E-state index contributed by atoms with van der Waals surface area (Å²) in [6, 6.07) is -1.34. The Bertz CT molecular complexity index is 382. The number of benzene rings is 1. The normalized spacial score (nSPS) is 20.7. The SMILES string of the molecule is [2H]c1c([2H])c(C([2H])([2H])Br)c([2H])c([2H])c1Br. The van der Waals surface area contributed by atoms with Crippen LogP contribution in [0, 0.1) is 0 Å². The Morgan fingerprint density at radius 3 is 2.44 bits per heavy atom. The van der Waals surface area contributed by atoms with Gasteiger partial charge in [-0.1, -0.05) is 43.9 Å². The average molecular weight is 256 g/mol. The van der Waals surface area contributed by atoms with Crippen LogP contribution in [-0.2, 0) is 5.28 Å². The van der Waals surface area contributed by atoms with E-state index in [9.17, 15) is 0 Å². The van der Waals surface area contributed by atoms with E-state index in [-0.39, 0.29) is 34.2 Å². The molecule has 1 aromatic rings. The second-order valence-corrected chi connectivity index (χ2v) is 2.47. The van der Waals surface area contributed by atoms with Gasteiger partial charge in [0.25, 0.3) is 0 Å². The number of hydrogen-bond donors (Lipinski definition) is 0.